The lowest BCUT2D eigenvalue weighted by Gasteiger charge is -2.31. The van der Waals surface area contributed by atoms with E-state index in [9.17, 15) is 0 Å². The maximum absolute atomic E-state index is 6.63. The van der Waals surface area contributed by atoms with E-state index in [1.165, 1.54) is 43.8 Å². The first kappa shape index (κ1) is 37.3. The summed E-state index contributed by atoms with van der Waals surface area (Å²) in [6.45, 7) is 0. The van der Waals surface area contributed by atoms with Crippen molar-refractivity contribution < 1.29 is 4.42 Å². The van der Waals surface area contributed by atoms with Crippen molar-refractivity contribution in [2.75, 3.05) is 4.90 Å². The average Bonchev–Trinajstić information content (AvgIpc) is 3.76. The topological polar surface area (TPSA) is 16.4 Å². The number of para-hydroxylation sites is 3. The summed E-state index contributed by atoms with van der Waals surface area (Å²) >= 11 is 0. The molecule has 12 rings (SSSR count). The van der Waals surface area contributed by atoms with Gasteiger partial charge in [0.15, 0.2) is 0 Å². The van der Waals surface area contributed by atoms with Gasteiger partial charge in [0.1, 0.15) is 11.2 Å². The molecule has 1 heterocycles. The van der Waals surface area contributed by atoms with Crippen LogP contribution in [-0.2, 0) is 0 Å². The molecule has 64 heavy (non-hydrogen) atoms. The van der Waals surface area contributed by atoms with E-state index in [0.717, 1.165) is 72.4 Å². The first-order valence-corrected chi connectivity index (χ1v) is 21.9. The van der Waals surface area contributed by atoms with Gasteiger partial charge in [0, 0.05) is 38.8 Å². The molecule has 0 aliphatic carbocycles. The van der Waals surface area contributed by atoms with Crippen molar-refractivity contribution in [3.8, 4) is 55.6 Å². The van der Waals surface area contributed by atoms with E-state index in [0.29, 0.717) is 0 Å². The van der Waals surface area contributed by atoms with E-state index in [2.05, 4.69) is 248 Å². The van der Waals surface area contributed by atoms with Crippen LogP contribution in [-0.4, -0.2) is 0 Å². The molecule has 0 aliphatic heterocycles. The van der Waals surface area contributed by atoms with Crippen LogP contribution in [0.3, 0.4) is 0 Å². The van der Waals surface area contributed by atoms with Crippen LogP contribution in [0.5, 0.6) is 0 Å². The predicted molar refractivity (Wildman–Crippen MR) is 271 cm³/mol. The zero-order chi connectivity index (χ0) is 42.4. The molecule has 0 radical (unpaired) electrons. The van der Waals surface area contributed by atoms with Crippen molar-refractivity contribution in [1.29, 1.82) is 0 Å². The van der Waals surface area contributed by atoms with Crippen LogP contribution in [0.2, 0.25) is 0 Å². The molecule has 0 aliphatic rings. The molecule has 0 unspecified atom stereocenters. The van der Waals surface area contributed by atoms with Crippen molar-refractivity contribution in [3.63, 3.8) is 0 Å². The van der Waals surface area contributed by atoms with Gasteiger partial charge in [-0.2, -0.15) is 0 Å². The lowest BCUT2D eigenvalue weighted by atomic mass is 9.84. The van der Waals surface area contributed by atoms with Crippen LogP contribution in [0.1, 0.15) is 0 Å². The second kappa shape index (κ2) is 15.8. The van der Waals surface area contributed by atoms with Crippen molar-refractivity contribution in [2.24, 2.45) is 0 Å². The van der Waals surface area contributed by atoms with Gasteiger partial charge in [-0.05, 0) is 90.8 Å². The Morgan fingerprint density at radius 1 is 0.266 bits per heavy atom. The van der Waals surface area contributed by atoms with Gasteiger partial charge in [0.05, 0.1) is 5.69 Å². The second-order valence-electron chi connectivity index (χ2n) is 16.4. The first-order chi connectivity index (χ1) is 31.8. The van der Waals surface area contributed by atoms with Gasteiger partial charge in [-0.15, -0.1) is 0 Å². The summed E-state index contributed by atoms with van der Waals surface area (Å²) < 4.78 is 6.63. The lowest BCUT2D eigenvalue weighted by molar-refractivity contribution is 0.670. The summed E-state index contributed by atoms with van der Waals surface area (Å²) in [5, 5.41) is 7.09. The summed E-state index contributed by atoms with van der Waals surface area (Å²) in [6.07, 6.45) is 0. The highest BCUT2D eigenvalue weighted by Gasteiger charge is 2.25. The summed E-state index contributed by atoms with van der Waals surface area (Å²) in [6, 6.07) is 89.8. The Morgan fingerprint density at radius 3 is 1.38 bits per heavy atom. The highest BCUT2D eigenvalue weighted by Crippen LogP contribution is 2.51. The van der Waals surface area contributed by atoms with Crippen molar-refractivity contribution >= 4 is 60.5 Å². The number of furan rings is 1. The molecule has 0 spiro atoms. The minimum absolute atomic E-state index is 0.889. The Bertz CT molecular complexity index is 3590. The molecule has 0 amide bonds. The minimum atomic E-state index is 0.889. The largest absolute Gasteiger partial charge is 0.455 e. The third-order valence-electron chi connectivity index (χ3n) is 12.6. The van der Waals surface area contributed by atoms with Crippen LogP contribution in [0.15, 0.2) is 253 Å². The molecule has 1 aromatic heterocycles. The SMILES string of the molecule is c1ccc(-c2cccc(-c3ccccc3)c2N(c2cccc(-c3cccc4c3oc3ccccc34)c2)c2ccc3c(c2)c(-c2ccccc2)c(-c2ccccc2)c2ccccc23)cc1. The van der Waals surface area contributed by atoms with E-state index in [1.807, 2.05) is 6.07 Å². The van der Waals surface area contributed by atoms with E-state index >= 15 is 0 Å². The third kappa shape index (κ3) is 6.35. The standard InChI is InChI=1S/C62H41NO/c1-5-20-42(21-6-1)49-33-18-34-50(43-22-7-2-8-23-43)61(49)63(47-29-17-28-46(40-47)51-35-19-36-56-54-31-15-16-37-58(54)64-62(51)56)48-38-39-53-52-30-13-14-32-55(52)59(44-24-9-3-10-25-44)60(57(53)41-48)45-26-11-4-12-27-45/h1-41H. The number of benzene rings is 11. The minimum Gasteiger partial charge on any atom is -0.455 e. The van der Waals surface area contributed by atoms with Gasteiger partial charge in [0.25, 0.3) is 0 Å². The number of fused-ring (bicyclic) bond motifs is 6. The van der Waals surface area contributed by atoms with Crippen LogP contribution >= 0.6 is 0 Å². The van der Waals surface area contributed by atoms with E-state index in [-0.39, 0.29) is 0 Å². The molecule has 0 saturated carbocycles. The van der Waals surface area contributed by atoms with Gasteiger partial charge >= 0.3 is 0 Å². The Hall–Kier alpha value is -8.46. The van der Waals surface area contributed by atoms with Crippen molar-refractivity contribution in [2.45, 2.75) is 0 Å². The quantitative estimate of drug-likeness (QED) is 0.142. The molecule has 11 aromatic carbocycles. The zero-order valence-corrected chi connectivity index (χ0v) is 35.0. The molecule has 2 nitrogen and oxygen atoms in total. The normalized spacial score (nSPS) is 11.4. The summed E-state index contributed by atoms with van der Waals surface area (Å²) in [7, 11) is 0. The number of rotatable bonds is 8. The molecule has 0 atom stereocenters. The van der Waals surface area contributed by atoms with E-state index < -0.39 is 0 Å². The molecule has 300 valence electrons. The fraction of sp³-hybridized carbons (Fsp3) is 0. The fourth-order valence-corrected chi connectivity index (χ4v) is 9.81. The lowest BCUT2D eigenvalue weighted by Crippen LogP contribution is -2.13. The maximum atomic E-state index is 6.63. The fourth-order valence-electron chi connectivity index (χ4n) is 9.81. The molecule has 0 fully saturated rings. The summed E-state index contributed by atoms with van der Waals surface area (Å²) in [4.78, 5) is 2.48. The number of nitrogens with zero attached hydrogens (tertiary/aromatic N) is 1. The molecule has 12 aromatic rings. The molecule has 0 bridgehead atoms. The smallest absolute Gasteiger partial charge is 0.143 e. The van der Waals surface area contributed by atoms with Crippen molar-refractivity contribution in [3.05, 3.63) is 249 Å². The van der Waals surface area contributed by atoms with Gasteiger partial charge in [-0.1, -0.05) is 218 Å². The highest BCUT2D eigenvalue weighted by molar-refractivity contribution is 6.22. The third-order valence-corrected chi connectivity index (χ3v) is 12.6. The monoisotopic (exact) mass is 815 g/mol. The molecule has 0 saturated heterocycles. The van der Waals surface area contributed by atoms with Gasteiger partial charge in [-0.25, -0.2) is 0 Å². The number of hydrogen-bond acceptors (Lipinski definition) is 2. The van der Waals surface area contributed by atoms with Gasteiger partial charge in [-0.3, -0.25) is 0 Å². The van der Waals surface area contributed by atoms with E-state index in [1.54, 1.807) is 0 Å². The van der Waals surface area contributed by atoms with Gasteiger partial charge in [0.2, 0.25) is 0 Å². The predicted octanol–water partition coefficient (Wildman–Crippen LogP) is 17.7. The zero-order valence-electron chi connectivity index (χ0n) is 35.0. The Labute approximate surface area is 372 Å². The second-order valence-corrected chi connectivity index (χ2v) is 16.4. The highest BCUT2D eigenvalue weighted by atomic mass is 16.3. The first-order valence-electron chi connectivity index (χ1n) is 21.9. The molecule has 0 N–H and O–H groups in total. The number of anilines is 3. The van der Waals surface area contributed by atoms with E-state index in [4.69, 9.17) is 4.42 Å². The molecular formula is C62H41NO. The van der Waals surface area contributed by atoms with Gasteiger partial charge < -0.3 is 9.32 Å². The number of hydrogen-bond donors (Lipinski definition) is 0. The molecule has 2 heteroatoms. The summed E-state index contributed by atoms with van der Waals surface area (Å²) in [5.74, 6) is 0. The Kier molecular flexibility index (Phi) is 9.20. The Balaban J connectivity index is 1.19. The van der Waals surface area contributed by atoms with Crippen LogP contribution in [0.25, 0.3) is 99.1 Å². The van der Waals surface area contributed by atoms with Crippen LogP contribution < -0.4 is 4.90 Å². The van der Waals surface area contributed by atoms with Crippen LogP contribution in [0, 0.1) is 0 Å². The van der Waals surface area contributed by atoms with Crippen molar-refractivity contribution in [1.82, 2.24) is 0 Å². The Morgan fingerprint density at radius 2 is 0.719 bits per heavy atom. The average molecular weight is 816 g/mol. The van der Waals surface area contributed by atoms with Crippen LogP contribution in [0.4, 0.5) is 17.1 Å². The molecular weight excluding hydrogens is 775 g/mol. The maximum Gasteiger partial charge on any atom is 0.143 e. The summed E-state index contributed by atoms with van der Waals surface area (Å²) in [5.41, 5.74) is 16.5.